The Kier molecular flexibility index (Phi) is 2.97. The number of hydrogen-bond donors (Lipinski definition) is 1. The lowest BCUT2D eigenvalue weighted by molar-refractivity contribution is 0.417. The highest BCUT2D eigenvalue weighted by atomic mass is 32.1. The van der Waals surface area contributed by atoms with Crippen molar-refractivity contribution in [2.24, 2.45) is 7.05 Å². The molecular formula is C16H14N4OS. The molecule has 4 rings (SSSR count). The average molecular weight is 310 g/mol. The summed E-state index contributed by atoms with van der Waals surface area (Å²) in [6, 6.07) is 12.0. The van der Waals surface area contributed by atoms with Crippen LogP contribution in [0, 0.1) is 0 Å². The number of methoxy groups -OCH3 is 1. The predicted octanol–water partition coefficient (Wildman–Crippen LogP) is 3.94. The van der Waals surface area contributed by atoms with E-state index in [1.54, 1.807) is 18.4 Å². The largest absolute Gasteiger partial charge is 0.495 e. The molecule has 0 aliphatic carbocycles. The number of aryl methyl sites for hydroxylation is 1. The summed E-state index contributed by atoms with van der Waals surface area (Å²) in [5, 5.41) is 9.56. The molecule has 2 heterocycles. The monoisotopic (exact) mass is 310 g/mol. The number of anilines is 2. The van der Waals surface area contributed by atoms with Crippen LogP contribution in [0.1, 0.15) is 0 Å². The minimum absolute atomic E-state index is 0.799. The fourth-order valence-electron chi connectivity index (χ4n) is 2.54. The van der Waals surface area contributed by atoms with Gasteiger partial charge in [0.15, 0.2) is 5.13 Å². The number of para-hydroxylation sites is 2. The molecule has 0 spiro atoms. The number of ether oxygens (including phenoxy) is 1. The van der Waals surface area contributed by atoms with Crippen molar-refractivity contribution in [3.63, 3.8) is 0 Å². The zero-order chi connectivity index (χ0) is 15.1. The first-order valence-electron chi connectivity index (χ1n) is 6.87. The van der Waals surface area contributed by atoms with E-state index in [0.717, 1.165) is 37.7 Å². The van der Waals surface area contributed by atoms with Crippen LogP contribution in [0.25, 0.3) is 21.1 Å². The molecule has 110 valence electrons. The Morgan fingerprint density at radius 1 is 1.18 bits per heavy atom. The van der Waals surface area contributed by atoms with Crippen molar-refractivity contribution >= 4 is 43.3 Å². The van der Waals surface area contributed by atoms with Gasteiger partial charge in [0.25, 0.3) is 0 Å². The first-order chi connectivity index (χ1) is 10.8. The number of hydrogen-bond acceptors (Lipinski definition) is 5. The molecule has 0 saturated carbocycles. The van der Waals surface area contributed by atoms with Crippen molar-refractivity contribution in [1.29, 1.82) is 0 Å². The maximum Gasteiger partial charge on any atom is 0.188 e. The molecule has 0 amide bonds. The van der Waals surface area contributed by atoms with Crippen LogP contribution in [0.4, 0.5) is 10.8 Å². The number of nitrogens with zero attached hydrogens (tertiary/aromatic N) is 3. The fourth-order valence-corrected chi connectivity index (χ4v) is 3.43. The molecule has 22 heavy (non-hydrogen) atoms. The van der Waals surface area contributed by atoms with Crippen molar-refractivity contribution in [3.05, 3.63) is 42.6 Å². The van der Waals surface area contributed by atoms with Crippen LogP contribution in [-0.4, -0.2) is 21.9 Å². The minimum atomic E-state index is 0.799. The summed E-state index contributed by atoms with van der Waals surface area (Å²) < 4.78 is 8.37. The SMILES string of the molecule is COc1ccccc1Nc1nc2c(ccc3c2cnn3C)s1. The average Bonchev–Trinajstić information content (AvgIpc) is 3.11. The van der Waals surface area contributed by atoms with E-state index in [4.69, 9.17) is 9.72 Å². The van der Waals surface area contributed by atoms with Gasteiger partial charge >= 0.3 is 0 Å². The second kappa shape index (κ2) is 4.99. The van der Waals surface area contributed by atoms with E-state index in [-0.39, 0.29) is 0 Å². The molecule has 4 aromatic rings. The number of fused-ring (bicyclic) bond motifs is 3. The molecule has 0 radical (unpaired) electrons. The summed E-state index contributed by atoms with van der Waals surface area (Å²) in [6.07, 6.45) is 1.87. The number of rotatable bonds is 3. The molecule has 5 nitrogen and oxygen atoms in total. The standard InChI is InChI=1S/C16H14N4OS/c1-20-12-7-8-14-15(10(12)9-17-20)19-16(22-14)18-11-5-3-4-6-13(11)21-2/h3-9H,1-2H3,(H,18,19). The van der Waals surface area contributed by atoms with Crippen LogP contribution in [-0.2, 0) is 7.05 Å². The Morgan fingerprint density at radius 3 is 2.91 bits per heavy atom. The number of nitrogens with one attached hydrogen (secondary N) is 1. The second-order valence-corrected chi connectivity index (χ2v) is 5.99. The number of aromatic nitrogens is 3. The summed E-state index contributed by atoms with van der Waals surface area (Å²) in [6.45, 7) is 0. The van der Waals surface area contributed by atoms with Gasteiger partial charge in [0.1, 0.15) is 5.75 Å². The van der Waals surface area contributed by atoms with E-state index in [1.165, 1.54) is 0 Å². The Bertz CT molecular complexity index is 973. The van der Waals surface area contributed by atoms with Crippen LogP contribution in [0.15, 0.2) is 42.6 Å². The Labute approximate surface area is 131 Å². The van der Waals surface area contributed by atoms with E-state index in [1.807, 2.05) is 42.2 Å². The first kappa shape index (κ1) is 13.1. The molecule has 0 aliphatic rings. The lowest BCUT2D eigenvalue weighted by Crippen LogP contribution is -1.93. The Balaban J connectivity index is 1.81. The normalized spacial score (nSPS) is 11.2. The van der Waals surface area contributed by atoms with E-state index in [2.05, 4.69) is 22.5 Å². The molecule has 0 bridgehead atoms. The molecule has 2 aromatic carbocycles. The van der Waals surface area contributed by atoms with E-state index < -0.39 is 0 Å². The molecular weight excluding hydrogens is 296 g/mol. The van der Waals surface area contributed by atoms with Gasteiger partial charge in [0.05, 0.1) is 34.7 Å². The van der Waals surface area contributed by atoms with Gasteiger partial charge in [-0.15, -0.1) is 0 Å². The zero-order valence-corrected chi connectivity index (χ0v) is 13.0. The van der Waals surface area contributed by atoms with Gasteiger partial charge in [-0.2, -0.15) is 5.10 Å². The zero-order valence-electron chi connectivity index (χ0n) is 12.2. The molecule has 0 saturated heterocycles. The maximum atomic E-state index is 5.37. The number of thiazole rings is 1. The van der Waals surface area contributed by atoms with Gasteiger partial charge in [-0.25, -0.2) is 4.98 Å². The maximum absolute atomic E-state index is 5.37. The molecule has 0 aliphatic heterocycles. The van der Waals surface area contributed by atoms with Gasteiger partial charge in [-0.05, 0) is 24.3 Å². The lowest BCUT2D eigenvalue weighted by Gasteiger charge is -2.07. The van der Waals surface area contributed by atoms with Crippen LogP contribution in [0.2, 0.25) is 0 Å². The van der Waals surface area contributed by atoms with E-state index >= 15 is 0 Å². The van der Waals surface area contributed by atoms with E-state index in [9.17, 15) is 0 Å². The van der Waals surface area contributed by atoms with E-state index in [0.29, 0.717) is 0 Å². The van der Waals surface area contributed by atoms with Crippen LogP contribution in [0.5, 0.6) is 5.75 Å². The van der Waals surface area contributed by atoms with Gasteiger partial charge in [-0.1, -0.05) is 23.5 Å². The smallest absolute Gasteiger partial charge is 0.188 e. The Hall–Kier alpha value is -2.60. The van der Waals surface area contributed by atoms with Gasteiger partial charge in [0.2, 0.25) is 0 Å². The van der Waals surface area contributed by atoms with Crippen molar-refractivity contribution in [2.75, 3.05) is 12.4 Å². The summed E-state index contributed by atoms with van der Waals surface area (Å²) in [4.78, 5) is 4.72. The van der Waals surface area contributed by atoms with Gasteiger partial charge in [-0.3, -0.25) is 4.68 Å². The molecule has 1 N–H and O–H groups in total. The summed E-state index contributed by atoms with van der Waals surface area (Å²) in [5.74, 6) is 0.799. The van der Waals surface area contributed by atoms with Crippen LogP contribution < -0.4 is 10.1 Å². The third-order valence-electron chi connectivity index (χ3n) is 3.63. The van der Waals surface area contributed by atoms with Crippen LogP contribution in [0.3, 0.4) is 0 Å². The highest BCUT2D eigenvalue weighted by molar-refractivity contribution is 7.22. The third kappa shape index (κ3) is 2.00. The Morgan fingerprint density at radius 2 is 2.05 bits per heavy atom. The summed E-state index contributed by atoms with van der Waals surface area (Å²) in [7, 11) is 3.60. The molecule has 0 unspecified atom stereocenters. The van der Waals surface area contributed by atoms with Crippen LogP contribution >= 0.6 is 11.3 Å². The third-order valence-corrected chi connectivity index (χ3v) is 4.57. The summed E-state index contributed by atoms with van der Waals surface area (Å²) in [5.41, 5.74) is 2.97. The van der Waals surface area contributed by atoms with Crippen molar-refractivity contribution in [2.45, 2.75) is 0 Å². The number of benzene rings is 2. The lowest BCUT2D eigenvalue weighted by atomic mass is 10.2. The highest BCUT2D eigenvalue weighted by Gasteiger charge is 2.11. The molecule has 2 aromatic heterocycles. The molecule has 6 heteroatoms. The minimum Gasteiger partial charge on any atom is -0.495 e. The predicted molar refractivity (Wildman–Crippen MR) is 90.2 cm³/mol. The first-order valence-corrected chi connectivity index (χ1v) is 7.69. The molecule has 0 atom stereocenters. The second-order valence-electron chi connectivity index (χ2n) is 4.96. The van der Waals surface area contributed by atoms with Crippen molar-refractivity contribution in [1.82, 2.24) is 14.8 Å². The van der Waals surface area contributed by atoms with Crippen molar-refractivity contribution < 1.29 is 4.74 Å². The topological polar surface area (TPSA) is 52.0 Å². The molecule has 0 fully saturated rings. The quantitative estimate of drug-likeness (QED) is 0.623. The van der Waals surface area contributed by atoms with Crippen molar-refractivity contribution in [3.8, 4) is 5.75 Å². The summed E-state index contributed by atoms with van der Waals surface area (Å²) >= 11 is 1.62. The fraction of sp³-hybridized carbons (Fsp3) is 0.125. The highest BCUT2D eigenvalue weighted by Crippen LogP contribution is 2.34. The van der Waals surface area contributed by atoms with Gasteiger partial charge < -0.3 is 10.1 Å². The van der Waals surface area contributed by atoms with Gasteiger partial charge in [0, 0.05) is 12.4 Å².